The van der Waals surface area contributed by atoms with Crippen LogP contribution in [0.1, 0.15) is 31.4 Å². The number of imidazole rings is 1. The van der Waals surface area contributed by atoms with Crippen LogP contribution in [0.25, 0.3) is 0 Å². The SMILES string of the molecule is NCCCCC(NC(=O)C(Cc1cnc[nH]1)NC(=O)C(N)CC(=O)O)C(=O)O. The van der Waals surface area contributed by atoms with E-state index in [2.05, 4.69) is 20.6 Å². The number of aromatic amines is 1. The number of rotatable bonds is 13. The second-order valence-corrected chi connectivity index (χ2v) is 6.23. The monoisotopic (exact) mass is 398 g/mol. The van der Waals surface area contributed by atoms with Gasteiger partial charge in [-0.1, -0.05) is 0 Å². The zero-order valence-corrected chi connectivity index (χ0v) is 15.3. The van der Waals surface area contributed by atoms with Gasteiger partial charge < -0.3 is 37.3 Å². The number of carboxylic acid groups (broad SMARTS) is 2. The summed E-state index contributed by atoms with van der Waals surface area (Å²) < 4.78 is 0. The molecule has 0 spiro atoms. The van der Waals surface area contributed by atoms with Gasteiger partial charge >= 0.3 is 11.9 Å². The van der Waals surface area contributed by atoms with Crippen LogP contribution < -0.4 is 22.1 Å². The molecule has 0 saturated carbocycles. The van der Waals surface area contributed by atoms with E-state index in [4.69, 9.17) is 16.6 Å². The Labute approximate surface area is 161 Å². The third kappa shape index (κ3) is 8.14. The van der Waals surface area contributed by atoms with E-state index in [-0.39, 0.29) is 12.8 Å². The number of carbonyl (C=O) groups is 4. The maximum atomic E-state index is 12.6. The lowest BCUT2D eigenvalue weighted by atomic mass is 10.1. The van der Waals surface area contributed by atoms with Crippen LogP contribution in [0.5, 0.6) is 0 Å². The first kappa shape index (κ1) is 23.0. The molecule has 0 aliphatic rings. The van der Waals surface area contributed by atoms with Crippen LogP contribution in [0.3, 0.4) is 0 Å². The first-order valence-electron chi connectivity index (χ1n) is 8.72. The van der Waals surface area contributed by atoms with Crippen molar-refractivity contribution in [1.29, 1.82) is 0 Å². The molecule has 0 fully saturated rings. The number of carbonyl (C=O) groups excluding carboxylic acids is 2. The maximum absolute atomic E-state index is 12.6. The predicted octanol–water partition coefficient (Wildman–Crippen LogP) is -2.06. The summed E-state index contributed by atoms with van der Waals surface area (Å²) >= 11 is 0. The second kappa shape index (κ2) is 11.7. The molecule has 1 aromatic heterocycles. The molecule has 28 heavy (non-hydrogen) atoms. The third-order valence-electron chi connectivity index (χ3n) is 3.90. The van der Waals surface area contributed by atoms with Crippen LogP contribution in [-0.4, -0.2) is 68.6 Å². The highest BCUT2D eigenvalue weighted by Gasteiger charge is 2.28. The fraction of sp³-hybridized carbons (Fsp3) is 0.562. The molecule has 156 valence electrons. The van der Waals surface area contributed by atoms with Crippen LogP contribution >= 0.6 is 0 Å². The van der Waals surface area contributed by atoms with Crippen molar-refractivity contribution in [2.75, 3.05) is 6.54 Å². The number of amides is 2. The van der Waals surface area contributed by atoms with E-state index in [0.717, 1.165) is 0 Å². The molecule has 3 atom stereocenters. The van der Waals surface area contributed by atoms with Crippen LogP contribution in [0.15, 0.2) is 12.5 Å². The van der Waals surface area contributed by atoms with Crippen molar-refractivity contribution < 1.29 is 29.4 Å². The van der Waals surface area contributed by atoms with E-state index >= 15 is 0 Å². The number of aliphatic carboxylic acids is 2. The molecule has 0 aromatic carbocycles. The standard InChI is InChI=1S/C16H26N6O6/c17-4-2-1-3-11(16(27)28)21-15(26)12(5-9-7-19-8-20-9)22-14(25)10(18)6-13(23)24/h7-8,10-12H,1-6,17-18H2,(H,19,20)(H,21,26)(H,22,25)(H,23,24)(H,27,28). The van der Waals surface area contributed by atoms with Crippen molar-refractivity contribution in [1.82, 2.24) is 20.6 Å². The van der Waals surface area contributed by atoms with Crippen molar-refractivity contribution in [3.05, 3.63) is 18.2 Å². The fourth-order valence-corrected chi connectivity index (χ4v) is 2.41. The normalized spacial score (nSPS) is 13.9. The van der Waals surface area contributed by atoms with Crippen molar-refractivity contribution in [2.24, 2.45) is 11.5 Å². The Morgan fingerprint density at radius 2 is 1.79 bits per heavy atom. The van der Waals surface area contributed by atoms with Gasteiger partial charge in [-0.15, -0.1) is 0 Å². The Bertz CT molecular complexity index is 665. The summed E-state index contributed by atoms with van der Waals surface area (Å²) in [6, 6.07) is -3.66. The summed E-state index contributed by atoms with van der Waals surface area (Å²) in [7, 11) is 0. The maximum Gasteiger partial charge on any atom is 0.326 e. The lowest BCUT2D eigenvalue weighted by Crippen LogP contribution is -2.55. The number of H-pyrrole nitrogens is 1. The van der Waals surface area contributed by atoms with E-state index in [1.807, 2.05) is 0 Å². The zero-order chi connectivity index (χ0) is 21.1. The fourth-order valence-electron chi connectivity index (χ4n) is 2.41. The van der Waals surface area contributed by atoms with Crippen LogP contribution in [0.2, 0.25) is 0 Å². The average Bonchev–Trinajstić information content (AvgIpc) is 3.12. The minimum atomic E-state index is -1.35. The van der Waals surface area contributed by atoms with E-state index in [1.165, 1.54) is 12.5 Å². The van der Waals surface area contributed by atoms with Crippen LogP contribution in [-0.2, 0) is 25.6 Å². The van der Waals surface area contributed by atoms with Gasteiger partial charge in [0.25, 0.3) is 0 Å². The first-order valence-corrected chi connectivity index (χ1v) is 8.72. The molecule has 1 heterocycles. The summed E-state index contributed by atoms with van der Waals surface area (Å²) in [5.41, 5.74) is 11.4. The Balaban J connectivity index is 2.84. The highest BCUT2D eigenvalue weighted by atomic mass is 16.4. The molecule has 9 N–H and O–H groups in total. The molecule has 2 amide bonds. The lowest BCUT2D eigenvalue weighted by Gasteiger charge is -2.22. The number of hydrogen-bond donors (Lipinski definition) is 7. The molecule has 0 aliphatic heterocycles. The van der Waals surface area contributed by atoms with Crippen LogP contribution in [0, 0.1) is 0 Å². The van der Waals surface area contributed by atoms with E-state index in [1.54, 1.807) is 0 Å². The average molecular weight is 398 g/mol. The molecular formula is C16H26N6O6. The van der Waals surface area contributed by atoms with Gasteiger partial charge in [0.15, 0.2) is 0 Å². The highest BCUT2D eigenvalue weighted by Crippen LogP contribution is 2.05. The van der Waals surface area contributed by atoms with E-state index in [9.17, 15) is 24.3 Å². The van der Waals surface area contributed by atoms with Gasteiger partial charge in [0.05, 0.1) is 18.8 Å². The van der Waals surface area contributed by atoms with Gasteiger partial charge in [0, 0.05) is 18.3 Å². The van der Waals surface area contributed by atoms with Gasteiger partial charge in [0.2, 0.25) is 11.8 Å². The van der Waals surface area contributed by atoms with Crippen molar-refractivity contribution >= 4 is 23.8 Å². The van der Waals surface area contributed by atoms with Crippen molar-refractivity contribution in [3.63, 3.8) is 0 Å². The summed E-state index contributed by atoms with van der Waals surface area (Å²) in [6.45, 7) is 0.403. The number of hydrogen-bond acceptors (Lipinski definition) is 7. The van der Waals surface area contributed by atoms with Crippen LogP contribution in [0.4, 0.5) is 0 Å². The molecular weight excluding hydrogens is 372 g/mol. The molecule has 1 rings (SSSR count). The number of carboxylic acids is 2. The first-order chi connectivity index (χ1) is 13.2. The number of unbranched alkanes of at least 4 members (excludes halogenated alkanes) is 1. The highest BCUT2D eigenvalue weighted by molar-refractivity contribution is 5.93. The quantitative estimate of drug-likeness (QED) is 0.182. The number of nitrogens with two attached hydrogens (primary N) is 2. The van der Waals surface area contributed by atoms with E-state index < -0.39 is 48.3 Å². The van der Waals surface area contributed by atoms with Gasteiger partial charge in [0.1, 0.15) is 12.1 Å². The summed E-state index contributed by atoms with van der Waals surface area (Å²) in [4.78, 5) is 53.4. The number of nitrogens with zero attached hydrogens (tertiary/aromatic N) is 1. The third-order valence-corrected chi connectivity index (χ3v) is 3.90. The molecule has 0 radical (unpaired) electrons. The van der Waals surface area contributed by atoms with Crippen molar-refractivity contribution in [3.8, 4) is 0 Å². The smallest absolute Gasteiger partial charge is 0.326 e. The summed E-state index contributed by atoms with van der Waals surface area (Å²) in [6.07, 6.45) is 3.51. The van der Waals surface area contributed by atoms with Gasteiger partial charge in [-0.25, -0.2) is 9.78 Å². The molecule has 0 aliphatic carbocycles. The molecule has 3 unspecified atom stereocenters. The summed E-state index contributed by atoms with van der Waals surface area (Å²) in [5.74, 6) is -4.04. The number of aromatic nitrogens is 2. The Morgan fingerprint density at radius 1 is 1.11 bits per heavy atom. The Kier molecular flexibility index (Phi) is 9.60. The molecule has 12 heteroatoms. The number of nitrogens with one attached hydrogen (secondary N) is 3. The van der Waals surface area contributed by atoms with Gasteiger partial charge in [-0.2, -0.15) is 0 Å². The minimum absolute atomic E-state index is 0.00744. The molecule has 0 bridgehead atoms. The Morgan fingerprint density at radius 3 is 2.32 bits per heavy atom. The Hall–Kier alpha value is -2.99. The van der Waals surface area contributed by atoms with Crippen molar-refractivity contribution in [2.45, 2.75) is 50.2 Å². The predicted molar refractivity (Wildman–Crippen MR) is 96.9 cm³/mol. The molecule has 0 saturated heterocycles. The molecule has 12 nitrogen and oxygen atoms in total. The second-order valence-electron chi connectivity index (χ2n) is 6.23. The van der Waals surface area contributed by atoms with Gasteiger partial charge in [-0.3, -0.25) is 14.4 Å². The minimum Gasteiger partial charge on any atom is -0.481 e. The largest absolute Gasteiger partial charge is 0.481 e. The van der Waals surface area contributed by atoms with Gasteiger partial charge in [-0.05, 0) is 25.8 Å². The molecule has 1 aromatic rings. The van der Waals surface area contributed by atoms with E-state index in [0.29, 0.717) is 25.1 Å². The zero-order valence-electron chi connectivity index (χ0n) is 15.3. The lowest BCUT2D eigenvalue weighted by molar-refractivity contribution is -0.143. The summed E-state index contributed by atoms with van der Waals surface area (Å²) in [5, 5.41) is 22.8. The topological polar surface area (TPSA) is 214 Å².